The highest BCUT2D eigenvalue weighted by molar-refractivity contribution is 6.08. The molecule has 2 aromatic rings. The molecule has 0 saturated heterocycles. The Kier molecular flexibility index (Phi) is 2.67. The molecule has 1 amide bonds. The van der Waals surface area contributed by atoms with Crippen LogP contribution in [0.25, 0.3) is 10.8 Å². The van der Waals surface area contributed by atoms with E-state index < -0.39 is 5.97 Å². The Morgan fingerprint density at radius 2 is 2.00 bits per heavy atom. The molecule has 1 saturated carbocycles. The van der Waals surface area contributed by atoms with E-state index in [0.29, 0.717) is 16.5 Å². The molecular formula is C14H12N2O3. The highest BCUT2D eigenvalue weighted by atomic mass is 16.4. The smallest absolute Gasteiger partial charge is 0.355 e. The first-order valence-electron chi connectivity index (χ1n) is 6.08. The van der Waals surface area contributed by atoms with Crippen molar-refractivity contribution in [2.45, 2.75) is 12.8 Å². The molecule has 3 rings (SSSR count). The molecule has 1 aromatic carbocycles. The van der Waals surface area contributed by atoms with Gasteiger partial charge in [0.15, 0.2) is 5.69 Å². The van der Waals surface area contributed by atoms with E-state index in [9.17, 15) is 9.59 Å². The van der Waals surface area contributed by atoms with Gasteiger partial charge in [-0.05, 0) is 25.0 Å². The number of pyridine rings is 1. The largest absolute Gasteiger partial charge is 0.476 e. The maximum atomic E-state index is 11.8. The van der Waals surface area contributed by atoms with Gasteiger partial charge >= 0.3 is 5.97 Å². The molecule has 2 N–H and O–H groups in total. The Hall–Kier alpha value is -2.43. The van der Waals surface area contributed by atoms with Gasteiger partial charge in [0.25, 0.3) is 0 Å². The van der Waals surface area contributed by atoms with Crippen LogP contribution < -0.4 is 5.32 Å². The fourth-order valence-corrected chi connectivity index (χ4v) is 2.07. The number of carbonyl (C=O) groups excluding carboxylic acids is 1. The maximum absolute atomic E-state index is 11.8. The summed E-state index contributed by atoms with van der Waals surface area (Å²) in [5.41, 5.74) is 0.638. The molecule has 1 heterocycles. The fourth-order valence-electron chi connectivity index (χ4n) is 2.07. The summed E-state index contributed by atoms with van der Waals surface area (Å²) >= 11 is 0. The Morgan fingerprint density at radius 1 is 1.21 bits per heavy atom. The van der Waals surface area contributed by atoms with Crippen molar-refractivity contribution in [3.8, 4) is 0 Å². The van der Waals surface area contributed by atoms with E-state index >= 15 is 0 Å². The van der Waals surface area contributed by atoms with Gasteiger partial charge in [-0.3, -0.25) is 4.79 Å². The number of aromatic carboxylic acids is 1. The Labute approximate surface area is 109 Å². The van der Waals surface area contributed by atoms with Crippen LogP contribution >= 0.6 is 0 Å². The van der Waals surface area contributed by atoms with E-state index in [2.05, 4.69) is 10.3 Å². The summed E-state index contributed by atoms with van der Waals surface area (Å²) in [6, 6.07) is 6.90. The highest BCUT2D eigenvalue weighted by Gasteiger charge is 2.29. The van der Waals surface area contributed by atoms with Gasteiger partial charge in [0.2, 0.25) is 5.91 Å². The number of carbonyl (C=O) groups is 2. The first-order valence-corrected chi connectivity index (χ1v) is 6.08. The monoisotopic (exact) mass is 256 g/mol. The van der Waals surface area contributed by atoms with Crippen molar-refractivity contribution >= 4 is 28.3 Å². The van der Waals surface area contributed by atoms with E-state index in [1.807, 2.05) is 0 Å². The summed E-state index contributed by atoms with van der Waals surface area (Å²) in [6.45, 7) is 0. The van der Waals surface area contributed by atoms with Crippen LogP contribution in [0.2, 0.25) is 0 Å². The van der Waals surface area contributed by atoms with Crippen LogP contribution in [0.15, 0.2) is 30.5 Å². The standard InChI is InChI=1S/C14H12N2O3/c17-13(8-4-5-8)16-11-3-1-2-10-9(11)6-7-15-12(10)14(18)19/h1-3,6-8H,4-5H2,(H,16,17)(H,18,19). The number of nitrogens with one attached hydrogen (secondary N) is 1. The number of fused-ring (bicyclic) bond motifs is 1. The molecule has 0 radical (unpaired) electrons. The summed E-state index contributed by atoms with van der Waals surface area (Å²) in [4.78, 5) is 26.8. The van der Waals surface area contributed by atoms with Gasteiger partial charge in [0.05, 0.1) is 0 Å². The summed E-state index contributed by atoms with van der Waals surface area (Å²) in [5, 5.41) is 13.2. The van der Waals surface area contributed by atoms with Crippen molar-refractivity contribution in [3.63, 3.8) is 0 Å². The molecule has 1 aromatic heterocycles. The van der Waals surface area contributed by atoms with Gasteiger partial charge in [0.1, 0.15) is 0 Å². The van der Waals surface area contributed by atoms with E-state index in [-0.39, 0.29) is 17.5 Å². The average Bonchev–Trinajstić information content (AvgIpc) is 3.22. The first kappa shape index (κ1) is 11.6. The van der Waals surface area contributed by atoms with E-state index in [4.69, 9.17) is 5.11 Å². The molecule has 0 aliphatic heterocycles. The second-order valence-electron chi connectivity index (χ2n) is 4.63. The minimum atomic E-state index is -1.07. The molecule has 0 atom stereocenters. The fraction of sp³-hybridized carbons (Fsp3) is 0.214. The van der Waals surface area contributed by atoms with Gasteiger partial charge in [-0.2, -0.15) is 0 Å². The van der Waals surface area contributed by atoms with Crippen molar-refractivity contribution in [1.29, 1.82) is 0 Å². The Balaban J connectivity index is 2.07. The van der Waals surface area contributed by atoms with Crippen molar-refractivity contribution in [2.24, 2.45) is 5.92 Å². The highest BCUT2D eigenvalue weighted by Crippen LogP contribution is 2.32. The number of hydrogen-bond donors (Lipinski definition) is 2. The van der Waals surface area contributed by atoms with Crippen LogP contribution in [0.5, 0.6) is 0 Å². The number of hydrogen-bond acceptors (Lipinski definition) is 3. The van der Waals surface area contributed by atoms with E-state index in [0.717, 1.165) is 12.8 Å². The molecule has 5 heteroatoms. The Bertz CT molecular complexity index is 677. The number of amides is 1. The van der Waals surface area contributed by atoms with Crippen molar-refractivity contribution in [2.75, 3.05) is 5.32 Å². The molecular weight excluding hydrogens is 244 g/mol. The maximum Gasteiger partial charge on any atom is 0.355 e. The second kappa shape index (κ2) is 4.35. The third-order valence-corrected chi connectivity index (χ3v) is 3.21. The zero-order valence-corrected chi connectivity index (χ0v) is 10.1. The third-order valence-electron chi connectivity index (χ3n) is 3.21. The van der Waals surface area contributed by atoms with Gasteiger partial charge in [-0.15, -0.1) is 0 Å². The quantitative estimate of drug-likeness (QED) is 0.883. The lowest BCUT2D eigenvalue weighted by molar-refractivity contribution is -0.117. The molecule has 0 bridgehead atoms. The SMILES string of the molecule is O=C(O)c1nccc2c(NC(=O)C3CC3)cccc12. The van der Waals surface area contributed by atoms with Crippen LogP contribution in [-0.2, 0) is 4.79 Å². The molecule has 0 unspecified atom stereocenters. The lowest BCUT2D eigenvalue weighted by Crippen LogP contribution is -2.13. The minimum absolute atomic E-state index is 0.0000194. The van der Waals surface area contributed by atoms with Gasteiger partial charge in [0, 0.05) is 28.6 Å². The summed E-state index contributed by atoms with van der Waals surface area (Å²) in [5.74, 6) is -0.964. The second-order valence-corrected chi connectivity index (χ2v) is 4.63. The number of aromatic nitrogens is 1. The van der Waals surface area contributed by atoms with Crippen LogP contribution in [0.3, 0.4) is 0 Å². The van der Waals surface area contributed by atoms with Gasteiger partial charge < -0.3 is 10.4 Å². The van der Waals surface area contributed by atoms with Crippen molar-refractivity contribution in [3.05, 3.63) is 36.2 Å². The summed E-state index contributed by atoms with van der Waals surface area (Å²) in [6.07, 6.45) is 3.30. The van der Waals surface area contributed by atoms with Crippen LogP contribution in [0.1, 0.15) is 23.3 Å². The number of nitrogens with zero attached hydrogens (tertiary/aromatic N) is 1. The average molecular weight is 256 g/mol. The zero-order chi connectivity index (χ0) is 13.4. The number of benzene rings is 1. The predicted molar refractivity (Wildman–Crippen MR) is 70.1 cm³/mol. The predicted octanol–water partition coefficient (Wildman–Crippen LogP) is 2.28. The number of carboxylic acid groups (broad SMARTS) is 1. The molecule has 1 aliphatic rings. The molecule has 19 heavy (non-hydrogen) atoms. The van der Waals surface area contributed by atoms with Crippen molar-refractivity contribution < 1.29 is 14.7 Å². The number of rotatable bonds is 3. The Morgan fingerprint density at radius 3 is 2.68 bits per heavy atom. The molecule has 96 valence electrons. The van der Waals surface area contributed by atoms with Gasteiger partial charge in [-0.1, -0.05) is 12.1 Å². The minimum Gasteiger partial charge on any atom is -0.476 e. The zero-order valence-electron chi connectivity index (χ0n) is 10.1. The lowest BCUT2D eigenvalue weighted by Gasteiger charge is -2.09. The van der Waals surface area contributed by atoms with Crippen molar-refractivity contribution in [1.82, 2.24) is 4.98 Å². The van der Waals surface area contributed by atoms with Crippen LogP contribution in [-0.4, -0.2) is 22.0 Å². The third kappa shape index (κ3) is 2.14. The summed E-state index contributed by atoms with van der Waals surface area (Å²) < 4.78 is 0. The topological polar surface area (TPSA) is 79.3 Å². The summed E-state index contributed by atoms with van der Waals surface area (Å²) in [7, 11) is 0. The molecule has 1 fully saturated rings. The lowest BCUT2D eigenvalue weighted by atomic mass is 10.1. The molecule has 0 spiro atoms. The first-order chi connectivity index (χ1) is 9.16. The van der Waals surface area contributed by atoms with E-state index in [1.165, 1.54) is 6.20 Å². The normalized spacial score (nSPS) is 14.3. The van der Waals surface area contributed by atoms with Crippen LogP contribution in [0, 0.1) is 5.92 Å². The van der Waals surface area contributed by atoms with Crippen LogP contribution in [0.4, 0.5) is 5.69 Å². The van der Waals surface area contributed by atoms with Gasteiger partial charge in [-0.25, -0.2) is 9.78 Å². The molecule has 1 aliphatic carbocycles. The number of anilines is 1. The number of carboxylic acids is 1. The molecule has 5 nitrogen and oxygen atoms in total. The van der Waals surface area contributed by atoms with E-state index in [1.54, 1.807) is 24.3 Å².